The number of halogens is 1. The number of hydrogen-bond acceptors (Lipinski definition) is 4. The van der Waals surface area contributed by atoms with Gasteiger partial charge in [0.2, 0.25) is 0 Å². The average Bonchev–Trinajstić information content (AvgIpc) is 2.75. The zero-order chi connectivity index (χ0) is 14.0. The number of rotatable bonds is 3. The molecule has 102 valence electrons. The van der Waals surface area contributed by atoms with Crippen molar-refractivity contribution < 1.29 is 14.3 Å². The van der Waals surface area contributed by atoms with Gasteiger partial charge in [0, 0.05) is 20.4 Å². The van der Waals surface area contributed by atoms with Crippen LogP contribution in [0, 0.1) is 0 Å². The molecule has 0 radical (unpaired) electrons. The number of allylic oxidation sites excluding steroid dienone is 1. The highest BCUT2D eigenvalue weighted by atomic mass is 79.9. The molecule has 0 bridgehead atoms. The molecule has 1 aliphatic heterocycles. The van der Waals surface area contributed by atoms with E-state index in [1.165, 1.54) is 11.3 Å². The quantitative estimate of drug-likeness (QED) is 0.828. The first-order valence-corrected chi connectivity index (χ1v) is 7.39. The Kier molecular flexibility index (Phi) is 4.26. The van der Waals surface area contributed by atoms with Crippen LogP contribution in [-0.4, -0.2) is 18.6 Å². The first-order valence-electron chi connectivity index (χ1n) is 5.72. The molecule has 0 saturated heterocycles. The fraction of sp³-hybridized carbons (Fsp3) is 0.333. The SMILES string of the molecule is CCOC(=O)C1=C(C)NC(=O)N[C@@H]1c1cc(Br)cs1. The van der Waals surface area contributed by atoms with Crippen molar-refractivity contribution in [2.45, 2.75) is 19.9 Å². The Bertz CT molecular complexity index is 553. The molecule has 5 nitrogen and oxygen atoms in total. The van der Waals surface area contributed by atoms with Gasteiger partial charge in [-0.2, -0.15) is 0 Å². The Morgan fingerprint density at radius 3 is 2.89 bits per heavy atom. The fourth-order valence-electron chi connectivity index (χ4n) is 1.87. The second kappa shape index (κ2) is 5.75. The molecule has 0 saturated carbocycles. The molecule has 1 aliphatic rings. The standard InChI is InChI=1S/C12H13BrN2O3S/c1-3-18-11(16)9-6(2)14-12(17)15-10(9)8-4-7(13)5-19-8/h4-5,10H,3H2,1-2H3,(H2,14,15,17)/t10-/m1/s1. The summed E-state index contributed by atoms with van der Waals surface area (Å²) < 4.78 is 5.97. The van der Waals surface area contributed by atoms with Crippen molar-refractivity contribution in [2.75, 3.05) is 6.61 Å². The van der Waals surface area contributed by atoms with Crippen LogP contribution in [0.5, 0.6) is 0 Å². The average molecular weight is 345 g/mol. The van der Waals surface area contributed by atoms with E-state index in [9.17, 15) is 9.59 Å². The molecular formula is C12H13BrN2O3S. The maximum Gasteiger partial charge on any atom is 0.338 e. The van der Waals surface area contributed by atoms with Crippen LogP contribution in [0.3, 0.4) is 0 Å². The van der Waals surface area contributed by atoms with Gasteiger partial charge in [-0.05, 0) is 35.8 Å². The van der Waals surface area contributed by atoms with Crippen molar-refractivity contribution >= 4 is 39.3 Å². The van der Waals surface area contributed by atoms with Crippen LogP contribution < -0.4 is 10.6 Å². The van der Waals surface area contributed by atoms with Gasteiger partial charge in [0.25, 0.3) is 0 Å². The molecule has 0 fully saturated rings. The molecule has 2 amide bonds. The molecule has 0 aliphatic carbocycles. The van der Waals surface area contributed by atoms with E-state index in [2.05, 4.69) is 26.6 Å². The summed E-state index contributed by atoms with van der Waals surface area (Å²) >= 11 is 4.83. The minimum absolute atomic E-state index is 0.296. The van der Waals surface area contributed by atoms with Crippen molar-refractivity contribution in [1.82, 2.24) is 10.6 Å². The van der Waals surface area contributed by atoms with Crippen LogP contribution in [0.25, 0.3) is 0 Å². The van der Waals surface area contributed by atoms with Crippen LogP contribution >= 0.6 is 27.3 Å². The van der Waals surface area contributed by atoms with E-state index in [1.807, 2.05) is 11.4 Å². The van der Waals surface area contributed by atoms with Crippen LogP contribution in [-0.2, 0) is 9.53 Å². The van der Waals surface area contributed by atoms with E-state index >= 15 is 0 Å². The van der Waals surface area contributed by atoms with Gasteiger partial charge in [-0.1, -0.05) is 0 Å². The number of hydrogen-bond donors (Lipinski definition) is 2. The van der Waals surface area contributed by atoms with Gasteiger partial charge < -0.3 is 15.4 Å². The van der Waals surface area contributed by atoms with Crippen LogP contribution in [0.4, 0.5) is 4.79 Å². The number of carbonyl (C=O) groups excluding carboxylic acids is 2. The molecule has 7 heteroatoms. The Labute approximate surface area is 123 Å². The van der Waals surface area contributed by atoms with Gasteiger partial charge in [-0.15, -0.1) is 11.3 Å². The highest BCUT2D eigenvalue weighted by Gasteiger charge is 2.32. The first kappa shape index (κ1) is 14.1. The lowest BCUT2D eigenvalue weighted by Crippen LogP contribution is -2.45. The van der Waals surface area contributed by atoms with E-state index < -0.39 is 12.0 Å². The van der Waals surface area contributed by atoms with Gasteiger partial charge >= 0.3 is 12.0 Å². The Morgan fingerprint density at radius 1 is 1.58 bits per heavy atom. The number of carbonyl (C=O) groups is 2. The number of nitrogens with one attached hydrogen (secondary N) is 2. The van der Waals surface area contributed by atoms with Crippen molar-refractivity contribution in [2.24, 2.45) is 0 Å². The van der Waals surface area contributed by atoms with Gasteiger partial charge in [0.1, 0.15) is 0 Å². The highest BCUT2D eigenvalue weighted by molar-refractivity contribution is 9.10. The largest absolute Gasteiger partial charge is 0.463 e. The van der Waals surface area contributed by atoms with Crippen LogP contribution in [0.15, 0.2) is 27.2 Å². The highest BCUT2D eigenvalue weighted by Crippen LogP contribution is 2.33. The molecule has 0 aromatic carbocycles. The fourth-order valence-corrected chi connectivity index (χ4v) is 3.37. The van der Waals surface area contributed by atoms with E-state index in [0.717, 1.165) is 9.35 Å². The number of esters is 1. The normalized spacial score (nSPS) is 18.9. The molecule has 2 rings (SSSR count). The number of ether oxygens (including phenoxy) is 1. The van der Waals surface area contributed by atoms with Crippen LogP contribution in [0.2, 0.25) is 0 Å². The van der Waals surface area contributed by atoms with Crippen molar-refractivity contribution in [3.8, 4) is 0 Å². The summed E-state index contributed by atoms with van der Waals surface area (Å²) in [4.78, 5) is 24.5. The molecule has 2 N–H and O–H groups in total. The number of thiophene rings is 1. The van der Waals surface area contributed by atoms with E-state index in [-0.39, 0.29) is 6.03 Å². The predicted octanol–water partition coefficient (Wildman–Crippen LogP) is 2.70. The molecule has 1 aromatic rings. The van der Waals surface area contributed by atoms with E-state index in [1.54, 1.807) is 13.8 Å². The lowest BCUT2D eigenvalue weighted by atomic mass is 10.0. The second-order valence-electron chi connectivity index (χ2n) is 3.96. The third-order valence-electron chi connectivity index (χ3n) is 2.64. The van der Waals surface area contributed by atoms with Gasteiger partial charge in [0.15, 0.2) is 0 Å². The Morgan fingerprint density at radius 2 is 2.32 bits per heavy atom. The molecule has 1 aromatic heterocycles. The minimum Gasteiger partial charge on any atom is -0.463 e. The summed E-state index contributed by atoms with van der Waals surface area (Å²) in [5.74, 6) is -0.415. The van der Waals surface area contributed by atoms with E-state index in [0.29, 0.717) is 17.9 Å². The predicted molar refractivity (Wildman–Crippen MR) is 75.8 cm³/mol. The van der Waals surface area contributed by atoms with Crippen LogP contribution in [0.1, 0.15) is 24.8 Å². The summed E-state index contributed by atoms with van der Waals surface area (Å²) in [5.41, 5.74) is 0.965. The summed E-state index contributed by atoms with van der Waals surface area (Å²) in [7, 11) is 0. The minimum atomic E-state index is -0.468. The zero-order valence-electron chi connectivity index (χ0n) is 10.5. The van der Waals surface area contributed by atoms with Gasteiger partial charge in [0.05, 0.1) is 18.2 Å². The zero-order valence-corrected chi connectivity index (χ0v) is 12.9. The Hall–Kier alpha value is -1.34. The lowest BCUT2D eigenvalue weighted by Gasteiger charge is -2.26. The monoisotopic (exact) mass is 344 g/mol. The summed E-state index contributed by atoms with van der Waals surface area (Å²) in [6.07, 6.45) is 0. The number of amides is 2. The first-order chi connectivity index (χ1) is 9.02. The molecule has 19 heavy (non-hydrogen) atoms. The lowest BCUT2D eigenvalue weighted by molar-refractivity contribution is -0.139. The summed E-state index contributed by atoms with van der Waals surface area (Å²) in [5, 5.41) is 7.25. The third kappa shape index (κ3) is 2.98. The maximum absolute atomic E-state index is 12.0. The second-order valence-corrected chi connectivity index (χ2v) is 5.82. The topological polar surface area (TPSA) is 67.4 Å². The summed E-state index contributed by atoms with van der Waals surface area (Å²) in [6.45, 7) is 3.74. The van der Waals surface area contributed by atoms with Crippen molar-refractivity contribution in [1.29, 1.82) is 0 Å². The van der Waals surface area contributed by atoms with Crippen molar-refractivity contribution in [3.05, 3.63) is 32.1 Å². The molecule has 0 spiro atoms. The van der Waals surface area contributed by atoms with E-state index in [4.69, 9.17) is 4.74 Å². The van der Waals surface area contributed by atoms with Crippen molar-refractivity contribution in [3.63, 3.8) is 0 Å². The third-order valence-corrected chi connectivity index (χ3v) is 4.40. The molecule has 2 heterocycles. The van der Waals surface area contributed by atoms with Gasteiger partial charge in [-0.3, -0.25) is 0 Å². The molecule has 0 unspecified atom stereocenters. The molecule has 1 atom stereocenters. The molecular weight excluding hydrogens is 332 g/mol. The number of urea groups is 1. The maximum atomic E-state index is 12.0. The smallest absolute Gasteiger partial charge is 0.338 e. The van der Waals surface area contributed by atoms with Gasteiger partial charge in [-0.25, -0.2) is 9.59 Å². The summed E-state index contributed by atoms with van der Waals surface area (Å²) in [6, 6.07) is 1.09. The Balaban J connectivity index is 2.40.